The number of aliphatic hydroxyl groups is 2. The fourth-order valence-corrected chi connectivity index (χ4v) is 8.57. The molecule has 58 heavy (non-hydrogen) atoms. The standard InChI is InChI=1S/C30H48N7O17P3S/c1-5-6-7-8-9-10-21(39)58-14-13-32-20(38)11-12-33-28(42)25(41)29(2,3)16-51-57(48,49)54-56(46,47)50-15-19-23(53-55(43,44)45)24(40)30(4,52-19)37-18-36-22-26(31)34-17-35-27(22)37/h7,9,17-19,23-25,40-41H,5-6,10-16H2,1-4H3,(H,32,38)(H,33,42)(H,46,47)(H,48,49)(H2,31,34,35)(H2,43,44,45). The first kappa shape index (κ1) is 49.4. The summed E-state index contributed by atoms with van der Waals surface area (Å²) in [6.07, 6.45) is 0.0317. The average Bonchev–Trinajstić information content (AvgIpc) is 3.67. The Hall–Kier alpha value is -2.92. The Morgan fingerprint density at radius 3 is 2.47 bits per heavy atom. The molecular weight excluding hydrogens is 855 g/mol. The lowest BCUT2D eigenvalue weighted by Gasteiger charge is -2.30. The molecule has 1 aliphatic rings. The quantitative estimate of drug-likeness (QED) is 0.0422. The van der Waals surface area contributed by atoms with Crippen LogP contribution in [0.4, 0.5) is 5.82 Å². The van der Waals surface area contributed by atoms with E-state index in [1.807, 2.05) is 13.0 Å². The Bertz CT molecular complexity index is 1980. The van der Waals surface area contributed by atoms with Crippen LogP contribution >= 0.6 is 35.2 Å². The molecule has 3 rings (SSSR count). The number of aliphatic hydroxyl groups excluding tert-OH is 2. The maximum Gasteiger partial charge on any atom is 0.481 e. The van der Waals surface area contributed by atoms with E-state index in [2.05, 4.69) is 35.6 Å². The van der Waals surface area contributed by atoms with Gasteiger partial charge in [0.2, 0.25) is 11.8 Å². The topological polar surface area (TPSA) is 364 Å². The highest BCUT2D eigenvalue weighted by molar-refractivity contribution is 8.13. The maximum absolute atomic E-state index is 12.8. The van der Waals surface area contributed by atoms with Gasteiger partial charge in [-0.1, -0.05) is 39.0 Å². The zero-order valence-electron chi connectivity index (χ0n) is 31.8. The summed E-state index contributed by atoms with van der Waals surface area (Å²) >= 11 is 1.05. The van der Waals surface area contributed by atoms with Crippen LogP contribution in [0.15, 0.2) is 30.5 Å². The number of nitrogens with two attached hydrogens (primary N) is 1. The minimum Gasteiger partial charge on any atom is -0.385 e. The first-order valence-electron chi connectivity index (χ1n) is 17.4. The van der Waals surface area contributed by atoms with Gasteiger partial charge in [0.15, 0.2) is 22.3 Å². The number of unbranched alkanes of at least 4 members (excludes halogenated alkanes) is 1. The second-order valence-corrected chi connectivity index (χ2v) is 18.8. The Morgan fingerprint density at radius 2 is 1.79 bits per heavy atom. The van der Waals surface area contributed by atoms with Crippen LogP contribution in [0.5, 0.6) is 0 Å². The molecule has 1 fully saturated rings. The molecule has 0 aliphatic carbocycles. The maximum atomic E-state index is 12.8. The van der Waals surface area contributed by atoms with Gasteiger partial charge in [-0.15, -0.1) is 5.73 Å². The van der Waals surface area contributed by atoms with Crippen molar-refractivity contribution in [1.82, 2.24) is 30.2 Å². The summed E-state index contributed by atoms with van der Waals surface area (Å²) in [5, 5.41) is 26.6. The third-order valence-corrected chi connectivity index (χ3v) is 12.2. The van der Waals surface area contributed by atoms with Crippen LogP contribution in [0.2, 0.25) is 0 Å². The minimum absolute atomic E-state index is 0.0182. The highest BCUT2D eigenvalue weighted by atomic mass is 32.2. The molecule has 0 saturated carbocycles. The predicted octanol–water partition coefficient (Wildman–Crippen LogP) is 0.740. The number of hydrogen-bond acceptors (Lipinski definition) is 18. The van der Waals surface area contributed by atoms with Crippen molar-refractivity contribution in [3.8, 4) is 0 Å². The first-order chi connectivity index (χ1) is 26.9. The molecule has 24 nitrogen and oxygen atoms in total. The number of aromatic nitrogens is 4. The van der Waals surface area contributed by atoms with Crippen molar-refractivity contribution in [2.24, 2.45) is 5.41 Å². The van der Waals surface area contributed by atoms with Gasteiger partial charge in [0.1, 0.15) is 36.3 Å². The number of hydrogen-bond donors (Lipinski definition) is 9. The lowest BCUT2D eigenvalue weighted by Crippen LogP contribution is -2.46. The van der Waals surface area contributed by atoms with E-state index in [-0.39, 0.29) is 48.0 Å². The predicted molar refractivity (Wildman–Crippen MR) is 204 cm³/mol. The molecule has 0 radical (unpaired) electrons. The van der Waals surface area contributed by atoms with Crippen molar-refractivity contribution in [2.45, 2.75) is 83.5 Å². The van der Waals surface area contributed by atoms with Crippen LogP contribution in [0.25, 0.3) is 11.2 Å². The van der Waals surface area contributed by atoms with E-state index in [1.165, 1.54) is 20.8 Å². The SMILES string of the molecule is CCCC=C=CCC(=O)SCCNC(=O)CCNC(=O)C(O)C(C)(C)COP(=O)(O)OP(=O)(O)OCC1OC(C)(n2cnc3c(N)ncnc32)C(O)C1OP(=O)(O)O. The number of fused-ring (bicyclic) bond motifs is 1. The van der Waals surface area contributed by atoms with E-state index in [1.54, 1.807) is 6.08 Å². The van der Waals surface area contributed by atoms with Crippen molar-refractivity contribution in [3.05, 3.63) is 30.5 Å². The van der Waals surface area contributed by atoms with Gasteiger partial charge in [-0.2, -0.15) is 4.31 Å². The van der Waals surface area contributed by atoms with E-state index in [0.29, 0.717) is 5.75 Å². The summed E-state index contributed by atoms with van der Waals surface area (Å²) < 4.78 is 62.7. The summed E-state index contributed by atoms with van der Waals surface area (Å²) in [7, 11) is -16.5. The van der Waals surface area contributed by atoms with Crippen LogP contribution in [-0.2, 0) is 56.4 Å². The van der Waals surface area contributed by atoms with Crippen molar-refractivity contribution in [3.63, 3.8) is 0 Å². The van der Waals surface area contributed by atoms with Crippen LogP contribution in [0.3, 0.4) is 0 Å². The Balaban J connectivity index is 1.49. The second-order valence-electron chi connectivity index (χ2n) is 13.4. The van der Waals surface area contributed by atoms with Crippen molar-refractivity contribution in [2.75, 3.05) is 37.8 Å². The lowest BCUT2D eigenvalue weighted by atomic mass is 9.87. The lowest BCUT2D eigenvalue weighted by molar-refractivity contribution is -0.137. The number of phosphoric acid groups is 3. The fourth-order valence-electron chi connectivity index (χ4n) is 5.12. The van der Waals surface area contributed by atoms with Crippen LogP contribution in [0.1, 0.15) is 53.4 Å². The first-order valence-corrected chi connectivity index (χ1v) is 22.9. The highest BCUT2D eigenvalue weighted by Gasteiger charge is 2.57. The molecule has 10 N–H and O–H groups in total. The molecule has 28 heteroatoms. The number of thioether (sulfide) groups is 1. The number of nitrogens with one attached hydrogen (secondary N) is 2. The monoisotopic (exact) mass is 903 g/mol. The van der Waals surface area contributed by atoms with Crippen LogP contribution in [0, 0.1) is 5.41 Å². The fraction of sp³-hybridized carbons (Fsp3) is 0.633. The number of nitrogen functional groups attached to an aromatic ring is 1. The van der Waals surface area contributed by atoms with E-state index < -0.39 is 84.1 Å². The summed E-state index contributed by atoms with van der Waals surface area (Å²) in [6, 6.07) is 0. The largest absolute Gasteiger partial charge is 0.481 e. The summed E-state index contributed by atoms with van der Waals surface area (Å²) in [6.45, 7) is 3.72. The van der Waals surface area contributed by atoms with Gasteiger partial charge in [-0.3, -0.25) is 32.5 Å². The molecule has 2 aromatic heterocycles. The molecular formula is C30H48N7O17P3S. The van der Waals surface area contributed by atoms with E-state index in [0.717, 1.165) is 41.8 Å². The Labute approximate surface area is 336 Å². The second kappa shape index (κ2) is 21.0. The van der Waals surface area contributed by atoms with Gasteiger partial charge in [-0.05, 0) is 25.5 Å². The normalized spacial score (nSPS) is 22.3. The number of rotatable bonds is 23. The average molecular weight is 904 g/mol. The molecule has 7 unspecified atom stereocenters. The number of imidazole rings is 1. The number of allylic oxidation sites excluding steroid dienone is 1. The highest BCUT2D eigenvalue weighted by Crippen LogP contribution is 2.61. The van der Waals surface area contributed by atoms with Gasteiger partial charge < -0.3 is 50.9 Å². The van der Waals surface area contributed by atoms with Gasteiger partial charge in [-0.25, -0.2) is 28.6 Å². The van der Waals surface area contributed by atoms with Gasteiger partial charge in [0, 0.05) is 37.1 Å². The molecule has 0 bridgehead atoms. The Kier molecular flexibility index (Phi) is 17.9. The number of anilines is 1. The molecule has 0 spiro atoms. The molecule has 1 saturated heterocycles. The molecule has 2 amide bonds. The van der Waals surface area contributed by atoms with E-state index in [4.69, 9.17) is 24.0 Å². The number of phosphoric ester groups is 3. The van der Waals surface area contributed by atoms with Gasteiger partial charge in [0.05, 0.1) is 19.5 Å². The number of amides is 2. The smallest absolute Gasteiger partial charge is 0.385 e. The zero-order chi connectivity index (χ0) is 43.5. The molecule has 326 valence electrons. The summed E-state index contributed by atoms with van der Waals surface area (Å²) in [4.78, 5) is 87.9. The van der Waals surface area contributed by atoms with Crippen LogP contribution in [-0.4, -0.2) is 123 Å². The third kappa shape index (κ3) is 14.7. The molecule has 1 aliphatic heterocycles. The van der Waals surface area contributed by atoms with Crippen molar-refractivity contribution < 1.29 is 80.5 Å². The van der Waals surface area contributed by atoms with Crippen LogP contribution < -0.4 is 16.4 Å². The van der Waals surface area contributed by atoms with Crippen molar-refractivity contribution in [1.29, 1.82) is 0 Å². The molecule has 2 aromatic rings. The minimum atomic E-state index is -5.59. The number of nitrogens with zero attached hydrogens (tertiary/aromatic N) is 4. The Morgan fingerprint density at radius 1 is 1.10 bits per heavy atom. The van der Waals surface area contributed by atoms with E-state index >= 15 is 0 Å². The number of carbonyl (C=O) groups excluding carboxylic acids is 3. The van der Waals surface area contributed by atoms with Crippen molar-refractivity contribution >= 4 is 69.1 Å². The van der Waals surface area contributed by atoms with E-state index in [9.17, 15) is 57.9 Å². The summed E-state index contributed by atoms with van der Waals surface area (Å²) in [5.41, 5.74) is 5.22. The zero-order valence-corrected chi connectivity index (χ0v) is 35.3. The third-order valence-electron chi connectivity index (χ3n) is 8.19. The van der Waals surface area contributed by atoms with Gasteiger partial charge >= 0.3 is 23.5 Å². The number of ether oxygens (including phenoxy) is 1. The molecule has 3 heterocycles. The molecule has 7 atom stereocenters. The summed E-state index contributed by atoms with van der Waals surface area (Å²) in [5.74, 6) is -1.14. The number of carbonyl (C=O) groups is 3. The molecule has 0 aromatic carbocycles. The van der Waals surface area contributed by atoms with Gasteiger partial charge in [0.25, 0.3) is 0 Å².